The van der Waals surface area contributed by atoms with E-state index in [4.69, 9.17) is 16.0 Å². The number of fused-ring (bicyclic) bond motifs is 1. The zero-order valence-electron chi connectivity index (χ0n) is 18.6. The molecule has 0 aliphatic rings. The summed E-state index contributed by atoms with van der Waals surface area (Å²) in [5, 5.41) is 22.6. The van der Waals surface area contributed by atoms with Crippen molar-refractivity contribution in [3.05, 3.63) is 117 Å². The van der Waals surface area contributed by atoms with Crippen molar-refractivity contribution in [2.45, 2.75) is 6.42 Å². The van der Waals surface area contributed by atoms with Crippen LogP contribution in [0.15, 0.2) is 88.3 Å². The van der Waals surface area contributed by atoms with Crippen molar-refractivity contribution in [2.75, 3.05) is 0 Å². The molecule has 0 unspecified atom stereocenters. The quantitative estimate of drug-likeness (QED) is 0.150. The Morgan fingerprint density at radius 3 is 2.61 bits per heavy atom. The van der Waals surface area contributed by atoms with Crippen LogP contribution in [0.2, 0.25) is 5.02 Å². The number of aromatic nitrogens is 1. The van der Waals surface area contributed by atoms with Crippen LogP contribution in [0.4, 0.5) is 15.8 Å². The summed E-state index contributed by atoms with van der Waals surface area (Å²) in [5.74, 6) is -0.495. The molecular weight excluding hydrogens is 485 g/mol. The molecule has 0 bridgehead atoms. The Hall–Kier alpha value is -4.56. The standard InChI is InChI=1S/C27H17ClFN3O4/c28-22-4-2-1-3-18(22)11-16-12-19(26(33)24(13-16)32(34)35)15-30-21-9-10-25-23(14-21)31-27(36-25)17-5-7-20(29)8-6-17/h1-10,12-15,33H,11H2. The number of phenols is 1. The molecule has 5 rings (SSSR count). The lowest BCUT2D eigenvalue weighted by Gasteiger charge is -2.07. The molecule has 0 fully saturated rings. The van der Waals surface area contributed by atoms with Gasteiger partial charge in [-0.2, -0.15) is 0 Å². The minimum atomic E-state index is -0.638. The van der Waals surface area contributed by atoms with E-state index >= 15 is 0 Å². The maximum absolute atomic E-state index is 13.2. The molecule has 0 amide bonds. The van der Waals surface area contributed by atoms with Crippen molar-refractivity contribution < 1.29 is 18.8 Å². The number of nitro groups is 1. The van der Waals surface area contributed by atoms with Crippen LogP contribution in [0, 0.1) is 15.9 Å². The van der Waals surface area contributed by atoms with Crippen LogP contribution in [-0.4, -0.2) is 21.2 Å². The van der Waals surface area contributed by atoms with E-state index in [1.54, 1.807) is 48.5 Å². The van der Waals surface area contributed by atoms with E-state index in [-0.39, 0.29) is 11.4 Å². The first-order chi connectivity index (χ1) is 17.4. The van der Waals surface area contributed by atoms with E-state index in [1.165, 1.54) is 24.4 Å². The van der Waals surface area contributed by atoms with Crippen LogP contribution >= 0.6 is 11.6 Å². The summed E-state index contributed by atoms with van der Waals surface area (Å²) in [4.78, 5) is 19.7. The fraction of sp³-hybridized carbons (Fsp3) is 0.0370. The minimum absolute atomic E-state index is 0.193. The second kappa shape index (κ2) is 9.59. The highest BCUT2D eigenvalue weighted by atomic mass is 35.5. The summed E-state index contributed by atoms with van der Waals surface area (Å²) >= 11 is 6.24. The van der Waals surface area contributed by atoms with Crippen LogP contribution < -0.4 is 0 Å². The van der Waals surface area contributed by atoms with E-state index < -0.39 is 16.4 Å². The Morgan fingerprint density at radius 1 is 1.08 bits per heavy atom. The zero-order chi connectivity index (χ0) is 25.2. The number of halogens is 2. The fourth-order valence-electron chi connectivity index (χ4n) is 3.76. The maximum atomic E-state index is 13.2. The molecule has 9 heteroatoms. The summed E-state index contributed by atoms with van der Waals surface area (Å²) in [6, 6.07) is 21.0. The third kappa shape index (κ3) is 4.80. The molecule has 0 spiro atoms. The highest BCUT2D eigenvalue weighted by Crippen LogP contribution is 2.33. The number of hydrogen-bond donors (Lipinski definition) is 1. The first-order valence-electron chi connectivity index (χ1n) is 10.8. The minimum Gasteiger partial charge on any atom is -0.502 e. The number of aromatic hydroxyl groups is 1. The van der Waals surface area contributed by atoms with Crippen molar-refractivity contribution in [2.24, 2.45) is 4.99 Å². The average molecular weight is 502 g/mol. The van der Waals surface area contributed by atoms with E-state index in [1.807, 2.05) is 12.1 Å². The van der Waals surface area contributed by atoms with Crippen LogP contribution in [0.1, 0.15) is 16.7 Å². The van der Waals surface area contributed by atoms with E-state index in [0.29, 0.717) is 45.2 Å². The molecule has 4 aromatic carbocycles. The van der Waals surface area contributed by atoms with Crippen LogP contribution in [0.5, 0.6) is 5.75 Å². The van der Waals surface area contributed by atoms with Crippen LogP contribution in [-0.2, 0) is 6.42 Å². The third-order valence-corrected chi connectivity index (χ3v) is 5.91. The fourth-order valence-corrected chi connectivity index (χ4v) is 3.96. The lowest BCUT2D eigenvalue weighted by molar-refractivity contribution is -0.385. The van der Waals surface area contributed by atoms with Crippen LogP contribution in [0.3, 0.4) is 0 Å². The lowest BCUT2D eigenvalue weighted by Crippen LogP contribution is -1.97. The Balaban J connectivity index is 1.47. The monoisotopic (exact) mass is 501 g/mol. The second-order valence-corrected chi connectivity index (χ2v) is 8.42. The van der Waals surface area contributed by atoms with Crippen molar-refractivity contribution in [1.82, 2.24) is 4.98 Å². The van der Waals surface area contributed by atoms with Gasteiger partial charge < -0.3 is 9.52 Å². The Kier molecular flexibility index (Phi) is 6.18. The molecular formula is C27H17ClFN3O4. The summed E-state index contributed by atoms with van der Waals surface area (Å²) in [7, 11) is 0. The zero-order valence-corrected chi connectivity index (χ0v) is 19.3. The largest absolute Gasteiger partial charge is 0.502 e. The number of nitro benzene ring substituents is 1. The van der Waals surface area contributed by atoms with Gasteiger partial charge in [-0.05, 0) is 72.1 Å². The Labute approximate surface area is 209 Å². The normalized spacial score (nSPS) is 11.4. The van der Waals surface area contributed by atoms with Gasteiger partial charge in [0.05, 0.1) is 10.6 Å². The number of oxazole rings is 1. The summed E-state index contributed by atoms with van der Waals surface area (Å²) in [5.41, 5.74) is 3.36. The van der Waals surface area contributed by atoms with Gasteiger partial charge in [-0.3, -0.25) is 15.1 Å². The topological polar surface area (TPSA) is 102 Å². The lowest BCUT2D eigenvalue weighted by atomic mass is 10.0. The molecule has 0 aliphatic carbocycles. The molecule has 1 N–H and O–H groups in total. The van der Waals surface area contributed by atoms with Crippen molar-refractivity contribution in [1.29, 1.82) is 0 Å². The van der Waals surface area contributed by atoms with Gasteiger partial charge in [-0.15, -0.1) is 0 Å². The molecule has 0 atom stereocenters. The number of rotatable bonds is 6. The number of aliphatic imine (C=N–C) groups is 1. The van der Waals surface area contributed by atoms with Gasteiger partial charge in [0.15, 0.2) is 5.58 Å². The summed E-state index contributed by atoms with van der Waals surface area (Å²) in [6.45, 7) is 0. The van der Waals surface area contributed by atoms with E-state index in [0.717, 1.165) is 5.56 Å². The van der Waals surface area contributed by atoms with E-state index in [2.05, 4.69) is 9.98 Å². The van der Waals surface area contributed by atoms with Gasteiger partial charge in [0.1, 0.15) is 11.3 Å². The van der Waals surface area contributed by atoms with Gasteiger partial charge >= 0.3 is 5.69 Å². The molecule has 36 heavy (non-hydrogen) atoms. The molecule has 0 aliphatic heterocycles. The van der Waals surface area contributed by atoms with E-state index in [9.17, 15) is 19.6 Å². The molecule has 1 aromatic heterocycles. The average Bonchev–Trinajstić information content (AvgIpc) is 3.29. The second-order valence-electron chi connectivity index (χ2n) is 8.01. The highest BCUT2D eigenvalue weighted by Gasteiger charge is 2.19. The summed E-state index contributed by atoms with van der Waals surface area (Å²) < 4.78 is 18.9. The first kappa shape index (κ1) is 23.2. The maximum Gasteiger partial charge on any atom is 0.311 e. The molecule has 7 nitrogen and oxygen atoms in total. The smallest absolute Gasteiger partial charge is 0.311 e. The van der Waals surface area contributed by atoms with Gasteiger partial charge in [0.2, 0.25) is 11.6 Å². The Bertz CT molecular complexity index is 1630. The van der Waals surface area contributed by atoms with Gasteiger partial charge in [-0.25, -0.2) is 9.37 Å². The predicted octanol–water partition coefficient (Wildman–Crippen LogP) is 7.24. The van der Waals surface area contributed by atoms with Gasteiger partial charge in [0, 0.05) is 28.4 Å². The Morgan fingerprint density at radius 2 is 1.86 bits per heavy atom. The van der Waals surface area contributed by atoms with Crippen molar-refractivity contribution in [3.63, 3.8) is 0 Å². The number of phenolic OH excluding ortho intramolecular Hbond substituents is 1. The molecule has 0 saturated carbocycles. The molecule has 1 heterocycles. The van der Waals surface area contributed by atoms with Gasteiger partial charge in [-0.1, -0.05) is 29.8 Å². The highest BCUT2D eigenvalue weighted by molar-refractivity contribution is 6.31. The molecule has 0 saturated heterocycles. The molecule has 0 radical (unpaired) electrons. The third-order valence-electron chi connectivity index (χ3n) is 5.54. The van der Waals surface area contributed by atoms with Gasteiger partial charge in [0.25, 0.3) is 0 Å². The number of benzene rings is 4. The molecule has 5 aromatic rings. The number of nitrogens with zero attached hydrogens (tertiary/aromatic N) is 3. The summed E-state index contributed by atoms with van der Waals surface area (Å²) in [6.07, 6.45) is 1.71. The number of hydrogen-bond acceptors (Lipinski definition) is 6. The van der Waals surface area contributed by atoms with Crippen molar-refractivity contribution in [3.8, 4) is 17.2 Å². The van der Waals surface area contributed by atoms with Crippen molar-refractivity contribution >= 4 is 40.3 Å². The van der Waals surface area contributed by atoms with Crippen LogP contribution in [0.25, 0.3) is 22.6 Å². The molecule has 178 valence electrons. The first-order valence-corrected chi connectivity index (χ1v) is 11.2. The predicted molar refractivity (Wildman–Crippen MR) is 136 cm³/mol. The SMILES string of the molecule is O=[N+]([O-])c1cc(Cc2ccccc2Cl)cc(C=Nc2ccc3oc(-c4ccc(F)cc4)nc3c2)c1O.